The van der Waals surface area contributed by atoms with Crippen molar-refractivity contribution >= 4 is 11.0 Å². The van der Waals surface area contributed by atoms with Crippen LogP contribution in [0.1, 0.15) is 17.1 Å². The van der Waals surface area contributed by atoms with E-state index >= 15 is 0 Å². The Hall–Kier alpha value is -3.67. The molecule has 0 aliphatic rings. The topological polar surface area (TPSA) is 106 Å². The first kappa shape index (κ1) is 14.9. The van der Waals surface area contributed by atoms with Crippen molar-refractivity contribution in [2.45, 2.75) is 13.5 Å². The smallest absolute Gasteiger partial charge is 0.173 e. The number of para-hydroxylation sites is 1. The molecule has 0 fully saturated rings. The predicted molar refractivity (Wildman–Crippen MR) is 83.6 cm³/mol. The van der Waals surface area contributed by atoms with Gasteiger partial charge in [-0.1, -0.05) is 11.2 Å². The van der Waals surface area contributed by atoms with Crippen molar-refractivity contribution in [1.82, 2.24) is 30.1 Å². The Morgan fingerprint density at radius 2 is 2.08 bits per heavy atom. The highest BCUT2D eigenvalue weighted by atomic mass is 19.1. The summed E-state index contributed by atoms with van der Waals surface area (Å²) in [6.07, 6.45) is 0. The molecule has 0 saturated carbocycles. The van der Waals surface area contributed by atoms with Crippen LogP contribution in [0.5, 0.6) is 0 Å². The molecule has 0 saturated heterocycles. The Morgan fingerprint density at radius 1 is 1.20 bits per heavy atom. The van der Waals surface area contributed by atoms with Gasteiger partial charge in [0, 0.05) is 0 Å². The molecule has 1 aromatic carbocycles. The van der Waals surface area contributed by atoms with E-state index in [1.807, 2.05) is 6.07 Å². The van der Waals surface area contributed by atoms with Crippen LogP contribution in [0.3, 0.4) is 0 Å². The number of imidazole rings is 1. The molecule has 3 aromatic heterocycles. The molecule has 0 spiro atoms. The molecule has 3 heterocycles. The summed E-state index contributed by atoms with van der Waals surface area (Å²) >= 11 is 0. The predicted octanol–water partition coefficient (Wildman–Crippen LogP) is 2.24. The third kappa shape index (κ3) is 2.49. The van der Waals surface area contributed by atoms with E-state index in [1.165, 1.54) is 6.07 Å². The number of aromatic nitrogens is 6. The molecule has 0 aliphatic carbocycles. The van der Waals surface area contributed by atoms with E-state index in [0.29, 0.717) is 33.9 Å². The number of rotatable bonds is 3. The fourth-order valence-electron chi connectivity index (χ4n) is 2.58. The normalized spacial score (nSPS) is 10.9. The number of fused-ring (bicyclic) bond motifs is 1. The maximum atomic E-state index is 14.4. The summed E-state index contributed by atoms with van der Waals surface area (Å²) in [7, 11) is 0. The fraction of sp³-hybridized carbons (Fsp3) is 0.125. The second-order valence-corrected chi connectivity index (χ2v) is 5.35. The first-order valence-electron chi connectivity index (χ1n) is 7.34. The summed E-state index contributed by atoms with van der Waals surface area (Å²) in [4.78, 5) is 4.47. The van der Waals surface area contributed by atoms with Crippen LogP contribution in [0.25, 0.3) is 22.6 Å². The van der Waals surface area contributed by atoms with Gasteiger partial charge in [0.05, 0.1) is 17.8 Å². The van der Waals surface area contributed by atoms with Crippen molar-refractivity contribution in [3.05, 3.63) is 53.2 Å². The number of benzene rings is 1. The molecule has 8 nitrogen and oxygen atoms in total. The SMILES string of the molecule is Cc1nonc1-c1nc2cccc(F)c2n1Cc1ccc(C#N)nn1. The third-order valence-corrected chi connectivity index (χ3v) is 3.74. The van der Waals surface area contributed by atoms with Gasteiger partial charge in [-0.2, -0.15) is 10.4 Å². The summed E-state index contributed by atoms with van der Waals surface area (Å²) in [5.74, 6) is 0.0111. The zero-order valence-electron chi connectivity index (χ0n) is 13.0. The molecule has 0 N–H and O–H groups in total. The van der Waals surface area contributed by atoms with Crippen molar-refractivity contribution in [3.8, 4) is 17.6 Å². The molecule has 9 heteroatoms. The zero-order valence-corrected chi connectivity index (χ0v) is 13.0. The third-order valence-electron chi connectivity index (χ3n) is 3.74. The summed E-state index contributed by atoms with van der Waals surface area (Å²) in [5.41, 5.74) is 2.55. The van der Waals surface area contributed by atoms with Crippen LogP contribution in [0, 0.1) is 24.1 Å². The number of nitrogens with zero attached hydrogens (tertiary/aromatic N) is 7. The highest BCUT2D eigenvalue weighted by molar-refractivity contribution is 5.81. The van der Waals surface area contributed by atoms with Gasteiger partial charge >= 0.3 is 0 Å². The van der Waals surface area contributed by atoms with Crippen LogP contribution in [-0.4, -0.2) is 30.1 Å². The standard InChI is InChI=1S/C16H10FN7O/c1-9-14(23-25-22-9)16-19-13-4-2-3-12(17)15(13)24(16)8-11-6-5-10(7-18)20-21-11/h2-6H,8H2,1H3. The Bertz CT molecular complexity index is 1110. The highest BCUT2D eigenvalue weighted by Gasteiger charge is 2.21. The van der Waals surface area contributed by atoms with Crippen LogP contribution in [0.2, 0.25) is 0 Å². The molecule has 0 bridgehead atoms. The second kappa shape index (κ2) is 5.76. The van der Waals surface area contributed by atoms with Crippen LogP contribution < -0.4 is 0 Å². The minimum Gasteiger partial charge on any atom is -0.314 e. The molecule has 0 aliphatic heterocycles. The molecular weight excluding hydrogens is 325 g/mol. The van der Waals surface area contributed by atoms with E-state index in [0.717, 1.165) is 0 Å². The van der Waals surface area contributed by atoms with E-state index in [1.54, 1.807) is 35.8 Å². The van der Waals surface area contributed by atoms with Gasteiger partial charge in [-0.25, -0.2) is 14.0 Å². The Kier molecular flexibility index (Phi) is 3.43. The van der Waals surface area contributed by atoms with E-state index in [-0.39, 0.29) is 12.2 Å². The quantitative estimate of drug-likeness (QED) is 0.565. The van der Waals surface area contributed by atoms with Gasteiger partial charge in [0.1, 0.15) is 23.1 Å². The van der Waals surface area contributed by atoms with Crippen molar-refractivity contribution < 1.29 is 9.02 Å². The minimum atomic E-state index is -0.410. The average molecular weight is 335 g/mol. The maximum absolute atomic E-state index is 14.4. The lowest BCUT2D eigenvalue weighted by Crippen LogP contribution is -2.06. The number of nitriles is 1. The average Bonchev–Trinajstić information content (AvgIpc) is 3.20. The first-order chi connectivity index (χ1) is 12.2. The van der Waals surface area contributed by atoms with Gasteiger partial charge in [-0.05, 0) is 36.3 Å². The zero-order chi connectivity index (χ0) is 17.4. The van der Waals surface area contributed by atoms with E-state index < -0.39 is 5.82 Å². The molecule has 25 heavy (non-hydrogen) atoms. The number of halogens is 1. The summed E-state index contributed by atoms with van der Waals surface area (Å²) < 4.78 is 20.8. The van der Waals surface area contributed by atoms with Gasteiger partial charge in [-0.15, -0.1) is 5.10 Å². The van der Waals surface area contributed by atoms with Crippen LogP contribution in [0.4, 0.5) is 4.39 Å². The van der Waals surface area contributed by atoms with E-state index in [9.17, 15) is 4.39 Å². The van der Waals surface area contributed by atoms with Gasteiger partial charge in [-0.3, -0.25) is 0 Å². The van der Waals surface area contributed by atoms with Gasteiger partial charge in [0.2, 0.25) is 0 Å². The largest absolute Gasteiger partial charge is 0.314 e. The van der Waals surface area contributed by atoms with Crippen molar-refractivity contribution in [1.29, 1.82) is 5.26 Å². The highest BCUT2D eigenvalue weighted by Crippen LogP contribution is 2.27. The van der Waals surface area contributed by atoms with Crippen molar-refractivity contribution in [3.63, 3.8) is 0 Å². The van der Waals surface area contributed by atoms with Crippen molar-refractivity contribution in [2.24, 2.45) is 0 Å². The van der Waals surface area contributed by atoms with Crippen LogP contribution in [-0.2, 0) is 6.54 Å². The van der Waals surface area contributed by atoms with Crippen molar-refractivity contribution in [2.75, 3.05) is 0 Å². The lowest BCUT2D eigenvalue weighted by atomic mass is 10.2. The first-order valence-corrected chi connectivity index (χ1v) is 7.34. The van der Waals surface area contributed by atoms with E-state index in [2.05, 4.69) is 25.5 Å². The molecule has 122 valence electrons. The van der Waals surface area contributed by atoms with Gasteiger partial charge < -0.3 is 4.57 Å². The summed E-state index contributed by atoms with van der Waals surface area (Å²) in [6.45, 7) is 1.94. The fourth-order valence-corrected chi connectivity index (χ4v) is 2.58. The number of hydrogen-bond donors (Lipinski definition) is 0. The Morgan fingerprint density at radius 3 is 2.76 bits per heavy atom. The molecule has 4 rings (SSSR count). The molecule has 0 amide bonds. The second-order valence-electron chi connectivity index (χ2n) is 5.35. The Labute approximate surface area is 140 Å². The van der Waals surface area contributed by atoms with E-state index in [4.69, 9.17) is 9.89 Å². The monoisotopic (exact) mass is 335 g/mol. The summed E-state index contributed by atoms with van der Waals surface area (Å²) in [5, 5.41) is 24.3. The maximum Gasteiger partial charge on any atom is 0.173 e. The lowest BCUT2D eigenvalue weighted by molar-refractivity contribution is 0.305. The molecule has 0 unspecified atom stereocenters. The Balaban J connectivity index is 1.91. The van der Waals surface area contributed by atoms with Gasteiger partial charge in [0.25, 0.3) is 0 Å². The molecule has 0 atom stereocenters. The van der Waals surface area contributed by atoms with Gasteiger partial charge in [0.15, 0.2) is 17.2 Å². The van der Waals surface area contributed by atoms with Crippen LogP contribution in [0.15, 0.2) is 35.0 Å². The number of aryl methyl sites for hydroxylation is 1. The number of hydrogen-bond acceptors (Lipinski definition) is 7. The summed E-state index contributed by atoms with van der Waals surface area (Å²) in [6, 6.07) is 9.80. The van der Waals surface area contributed by atoms with Crippen LogP contribution >= 0.6 is 0 Å². The lowest BCUT2D eigenvalue weighted by Gasteiger charge is -2.07. The minimum absolute atomic E-state index is 0.206. The molecule has 4 aromatic rings. The molecular formula is C16H10FN7O. The molecule has 0 radical (unpaired) electrons.